The van der Waals surface area contributed by atoms with Gasteiger partial charge in [0.1, 0.15) is 17.3 Å². The van der Waals surface area contributed by atoms with Crippen molar-refractivity contribution in [1.82, 2.24) is 10.6 Å². The zero-order chi connectivity index (χ0) is 19.9. The molecule has 0 aliphatic carbocycles. The van der Waals surface area contributed by atoms with Crippen molar-refractivity contribution in [1.29, 1.82) is 0 Å². The Kier molecular flexibility index (Phi) is 6.22. The van der Waals surface area contributed by atoms with Crippen LogP contribution in [0.4, 0.5) is 4.39 Å². The first-order valence-corrected chi connectivity index (χ1v) is 8.98. The molecule has 5 nitrogen and oxygen atoms in total. The zero-order valence-corrected chi connectivity index (χ0v) is 15.5. The molecule has 3 aromatic rings. The Morgan fingerprint density at radius 3 is 2.46 bits per heavy atom. The van der Waals surface area contributed by atoms with E-state index in [1.165, 1.54) is 6.07 Å². The van der Waals surface area contributed by atoms with Crippen LogP contribution >= 0.6 is 0 Å². The van der Waals surface area contributed by atoms with E-state index in [4.69, 9.17) is 4.42 Å². The maximum absolute atomic E-state index is 13.8. The Bertz CT molecular complexity index is 964. The third-order valence-electron chi connectivity index (χ3n) is 4.33. The van der Waals surface area contributed by atoms with Crippen LogP contribution in [0.25, 0.3) is 11.3 Å². The van der Waals surface area contributed by atoms with Crippen molar-refractivity contribution in [2.24, 2.45) is 0 Å². The first kappa shape index (κ1) is 19.4. The first-order chi connectivity index (χ1) is 13.6. The molecule has 0 saturated heterocycles. The standard InChI is InChI=1S/C22H21FN2O3/c1-24-22(27)16-8-6-15(7-9-16)14-25-21(26)13-11-17-10-12-20(28-17)18-4-2-3-5-19(18)23/h2-10,12H,11,13-14H2,1H3,(H,24,27)(H,25,26). The molecule has 0 saturated carbocycles. The molecule has 0 aliphatic heterocycles. The Hall–Kier alpha value is -3.41. The Labute approximate surface area is 162 Å². The molecule has 0 radical (unpaired) electrons. The molecule has 0 aliphatic rings. The lowest BCUT2D eigenvalue weighted by Crippen LogP contribution is -2.23. The predicted molar refractivity (Wildman–Crippen MR) is 104 cm³/mol. The summed E-state index contributed by atoms with van der Waals surface area (Å²) in [5.41, 5.74) is 1.88. The lowest BCUT2D eigenvalue weighted by atomic mass is 10.1. The molecule has 0 atom stereocenters. The highest BCUT2D eigenvalue weighted by Gasteiger charge is 2.10. The average molecular weight is 380 g/mol. The van der Waals surface area contributed by atoms with Crippen LogP contribution in [0.15, 0.2) is 65.1 Å². The second kappa shape index (κ2) is 8.99. The lowest BCUT2D eigenvalue weighted by Gasteiger charge is -2.06. The van der Waals surface area contributed by atoms with Crippen molar-refractivity contribution in [3.63, 3.8) is 0 Å². The van der Waals surface area contributed by atoms with Gasteiger partial charge in [-0.15, -0.1) is 0 Å². The highest BCUT2D eigenvalue weighted by atomic mass is 19.1. The number of carbonyl (C=O) groups is 2. The van der Waals surface area contributed by atoms with Crippen molar-refractivity contribution >= 4 is 11.8 Å². The Morgan fingerprint density at radius 1 is 1.00 bits per heavy atom. The fraction of sp³-hybridized carbons (Fsp3) is 0.182. The molecule has 1 heterocycles. The Balaban J connectivity index is 1.48. The summed E-state index contributed by atoms with van der Waals surface area (Å²) in [6.07, 6.45) is 0.691. The number of hydrogen-bond acceptors (Lipinski definition) is 3. The summed E-state index contributed by atoms with van der Waals surface area (Å²) in [5, 5.41) is 5.40. The fourth-order valence-electron chi connectivity index (χ4n) is 2.76. The predicted octanol–water partition coefficient (Wildman–Crippen LogP) is 3.69. The van der Waals surface area contributed by atoms with Gasteiger partial charge in [0.15, 0.2) is 0 Å². The van der Waals surface area contributed by atoms with Crippen molar-refractivity contribution in [2.75, 3.05) is 7.05 Å². The average Bonchev–Trinajstić information content (AvgIpc) is 3.19. The van der Waals surface area contributed by atoms with Crippen LogP contribution in [-0.4, -0.2) is 18.9 Å². The summed E-state index contributed by atoms with van der Waals surface area (Å²) in [4.78, 5) is 23.6. The molecule has 6 heteroatoms. The molecular formula is C22H21FN2O3. The normalized spacial score (nSPS) is 10.5. The SMILES string of the molecule is CNC(=O)c1ccc(CNC(=O)CCc2ccc(-c3ccccc3F)o2)cc1. The topological polar surface area (TPSA) is 71.3 Å². The lowest BCUT2D eigenvalue weighted by molar-refractivity contribution is -0.121. The molecule has 0 fully saturated rings. The van der Waals surface area contributed by atoms with Gasteiger partial charge in [0, 0.05) is 32.0 Å². The van der Waals surface area contributed by atoms with E-state index >= 15 is 0 Å². The summed E-state index contributed by atoms with van der Waals surface area (Å²) in [7, 11) is 1.58. The van der Waals surface area contributed by atoms with E-state index in [1.54, 1.807) is 61.6 Å². The minimum Gasteiger partial charge on any atom is -0.461 e. The van der Waals surface area contributed by atoms with Crippen LogP contribution in [-0.2, 0) is 17.8 Å². The van der Waals surface area contributed by atoms with E-state index in [0.29, 0.717) is 35.6 Å². The number of amides is 2. The fourth-order valence-corrected chi connectivity index (χ4v) is 2.76. The number of benzene rings is 2. The monoisotopic (exact) mass is 380 g/mol. The molecule has 0 spiro atoms. The molecule has 1 aromatic heterocycles. The molecule has 0 unspecified atom stereocenters. The molecule has 2 N–H and O–H groups in total. The smallest absolute Gasteiger partial charge is 0.251 e. The van der Waals surface area contributed by atoms with E-state index in [0.717, 1.165) is 5.56 Å². The molecule has 28 heavy (non-hydrogen) atoms. The number of hydrogen-bond donors (Lipinski definition) is 2. The van der Waals surface area contributed by atoms with Gasteiger partial charge in [0.05, 0.1) is 5.56 Å². The number of furan rings is 1. The summed E-state index contributed by atoms with van der Waals surface area (Å²) in [6, 6.07) is 16.9. The quantitative estimate of drug-likeness (QED) is 0.657. The minimum absolute atomic E-state index is 0.112. The summed E-state index contributed by atoms with van der Waals surface area (Å²) in [5.74, 6) is 0.472. The summed E-state index contributed by atoms with van der Waals surface area (Å²) >= 11 is 0. The third kappa shape index (κ3) is 4.85. The van der Waals surface area contributed by atoms with Crippen LogP contribution in [0.2, 0.25) is 0 Å². The number of aryl methyl sites for hydroxylation is 1. The maximum atomic E-state index is 13.8. The van der Waals surface area contributed by atoms with E-state index in [9.17, 15) is 14.0 Å². The van der Waals surface area contributed by atoms with Gasteiger partial charge in [0.25, 0.3) is 5.91 Å². The highest BCUT2D eigenvalue weighted by Crippen LogP contribution is 2.25. The van der Waals surface area contributed by atoms with E-state index in [-0.39, 0.29) is 24.1 Å². The van der Waals surface area contributed by atoms with Gasteiger partial charge in [-0.3, -0.25) is 9.59 Å². The van der Waals surface area contributed by atoms with Gasteiger partial charge >= 0.3 is 0 Å². The zero-order valence-electron chi connectivity index (χ0n) is 15.5. The number of nitrogens with one attached hydrogen (secondary N) is 2. The van der Waals surface area contributed by atoms with E-state index < -0.39 is 0 Å². The van der Waals surface area contributed by atoms with Crippen LogP contribution in [0.5, 0.6) is 0 Å². The number of rotatable bonds is 7. The van der Waals surface area contributed by atoms with Crippen LogP contribution in [0, 0.1) is 5.82 Å². The molecule has 2 aromatic carbocycles. The van der Waals surface area contributed by atoms with Gasteiger partial charge in [-0.2, -0.15) is 0 Å². The summed E-state index contributed by atoms with van der Waals surface area (Å²) < 4.78 is 19.5. The third-order valence-corrected chi connectivity index (χ3v) is 4.33. The van der Waals surface area contributed by atoms with Gasteiger partial charge in [-0.25, -0.2) is 4.39 Å². The maximum Gasteiger partial charge on any atom is 0.251 e. The molecule has 144 valence electrons. The van der Waals surface area contributed by atoms with Crippen LogP contribution in [0.1, 0.15) is 28.1 Å². The molecule has 3 rings (SSSR count). The minimum atomic E-state index is -0.344. The van der Waals surface area contributed by atoms with Gasteiger partial charge in [0.2, 0.25) is 5.91 Å². The number of halogens is 1. The molecule has 0 bridgehead atoms. The van der Waals surface area contributed by atoms with Crippen LogP contribution in [0.3, 0.4) is 0 Å². The highest BCUT2D eigenvalue weighted by molar-refractivity contribution is 5.93. The number of carbonyl (C=O) groups excluding carboxylic acids is 2. The van der Waals surface area contributed by atoms with Crippen molar-refractivity contribution in [3.05, 3.63) is 83.4 Å². The van der Waals surface area contributed by atoms with E-state index in [2.05, 4.69) is 10.6 Å². The summed E-state index contributed by atoms with van der Waals surface area (Å²) in [6.45, 7) is 0.380. The van der Waals surface area contributed by atoms with Crippen molar-refractivity contribution < 1.29 is 18.4 Å². The largest absolute Gasteiger partial charge is 0.461 e. The van der Waals surface area contributed by atoms with Gasteiger partial charge in [-0.1, -0.05) is 24.3 Å². The van der Waals surface area contributed by atoms with Gasteiger partial charge in [-0.05, 0) is 42.0 Å². The van der Waals surface area contributed by atoms with E-state index in [1.807, 2.05) is 0 Å². The first-order valence-electron chi connectivity index (χ1n) is 8.98. The second-order valence-electron chi connectivity index (χ2n) is 6.30. The van der Waals surface area contributed by atoms with Crippen molar-refractivity contribution in [2.45, 2.75) is 19.4 Å². The van der Waals surface area contributed by atoms with Crippen LogP contribution < -0.4 is 10.6 Å². The van der Waals surface area contributed by atoms with Gasteiger partial charge < -0.3 is 15.1 Å². The molecule has 2 amide bonds. The van der Waals surface area contributed by atoms with Crippen molar-refractivity contribution in [3.8, 4) is 11.3 Å². The second-order valence-corrected chi connectivity index (χ2v) is 6.30. The Morgan fingerprint density at radius 2 is 1.75 bits per heavy atom. The molecular weight excluding hydrogens is 359 g/mol.